The van der Waals surface area contributed by atoms with E-state index in [1.807, 2.05) is 10.9 Å². The van der Waals surface area contributed by atoms with E-state index in [0.29, 0.717) is 0 Å². The minimum absolute atomic E-state index is 0.917. The molecule has 1 heterocycles. The Balaban J connectivity index is 1.90. The van der Waals surface area contributed by atoms with Gasteiger partial charge in [-0.3, -0.25) is 4.68 Å². The molecule has 0 spiro atoms. The quantitative estimate of drug-likeness (QED) is 0.663. The monoisotopic (exact) mass is 300 g/mol. The molecule has 0 aliphatic heterocycles. The standard InChI is InChI=1S/C18H28N4/c1-4-5-6-8-16-9-11-17(12-10-16)18-15-22(20-19-18)14-7-13-21(2)3/h9-12,15H,4-8,13-14H2,1-3H3. The summed E-state index contributed by atoms with van der Waals surface area (Å²) in [6.45, 7) is 4.23. The SMILES string of the molecule is CCCCCc1ccc(-c2cn(CCCN(C)C)nn2)cc1. The summed E-state index contributed by atoms with van der Waals surface area (Å²) in [5.41, 5.74) is 3.53. The maximum Gasteiger partial charge on any atom is 0.113 e. The fraction of sp³-hybridized carbons (Fsp3) is 0.556. The highest BCUT2D eigenvalue weighted by Gasteiger charge is 2.04. The second kappa shape index (κ2) is 8.69. The minimum Gasteiger partial charge on any atom is -0.309 e. The minimum atomic E-state index is 0.917. The van der Waals surface area contributed by atoms with Crippen molar-refractivity contribution < 1.29 is 0 Å². The van der Waals surface area contributed by atoms with Crippen LogP contribution in [0.3, 0.4) is 0 Å². The van der Waals surface area contributed by atoms with E-state index in [1.165, 1.54) is 31.2 Å². The Morgan fingerprint density at radius 3 is 2.50 bits per heavy atom. The summed E-state index contributed by atoms with van der Waals surface area (Å²) in [5, 5.41) is 8.51. The number of nitrogens with zero attached hydrogens (tertiary/aromatic N) is 4. The third-order valence-corrected chi connectivity index (χ3v) is 3.85. The van der Waals surface area contributed by atoms with E-state index in [9.17, 15) is 0 Å². The van der Waals surface area contributed by atoms with Crippen LogP contribution in [0.25, 0.3) is 11.3 Å². The number of hydrogen-bond donors (Lipinski definition) is 0. The van der Waals surface area contributed by atoms with Crippen LogP contribution < -0.4 is 0 Å². The van der Waals surface area contributed by atoms with Gasteiger partial charge in [0.1, 0.15) is 5.69 Å². The van der Waals surface area contributed by atoms with Crippen molar-refractivity contribution in [3.8, 4) is 11.3 Å². The van der Waals surface area contributed by atoms with Crippen LogP contribution in [0.5, 0.6) is 0 Å². The summed E-state index contributed by atoms with van der Waals surface area (Å²) >= 11 is 0. The van der Waals surface area contributed by atoms with E-state index in [1.54, 1.807) is 0 Å². The van der Waals surface area contributed by atoms with Gasteiger partial charge in [-0.1, -0.05) is 49.2 Å². The van der Waals surface area contributed by atoms with Gasteiger partial charge in [-0.25, -0.2) is 0 Å². The number of rotatable bonds is 9. The van der Waals surface area contributed by atoms with E-state index in [0.717, 1.165) is 30.8 Å². The van der Waals surface area contributed by atoms with E-state index < -0.39 is 0 Å². The van der Waals surface area contributed by atoms with Gasteiger partial charge in [0.25, 0.3) is 0 Å². The maximum atomic E-state index is 4.29. The van der Waals surface area contributed by atoms with Crippen molar-refractivity contribution in [2.45, 2.75) is 45.6 Å². The zero-order valence-electron chi connectivity index (χ0n) is 14.1. The summed E-state index contributed by atoms with van der Waals surface area (Å²) in [4.78, 5) is 2.19. The van der Waals surface area contributed by atoms with Crippen molar-refractivity contribution in [1.82, 2.24) is 19.9 Å². The van der Waals surface area contributed by atoms with Gasteiger partial charge in [-0.05, 0) is 45.5 Å². The number of aromatic nitrogens is 3. The molecule has 0 saturated carbocycles. The smallest absolute Gasteiger partial charge is 0.113 e. The average Bonchev–Trinajstić information content (AvgIpc) is 2.97. The van der Waals surface area contributed by atoms with Crippen molar-refractivity contribution in [3.63, 3.8) is 0 Å². The maximum absolute atomic E-state index is 4.29. The van der Waals surface area contributed by atoms with Gasteiger partial charge in [0.15, 0.2) is 0 Å². The molecule has 0 aliphatic rings. The first kappa shape index (κ1) is 16.7. The number of hydrogen-bond acceptors (Lipinski definition) is 3. The van der Waals surface area contributed by atoms with Crippen LogP contribution in [0.15, 0.2) is 30.5 Å². The lowest BCUT2D eigenvalue weighted by Crippen LogP contribution is -2.15. The Morgan fingerprint density at radius 2 is 1.82 bits per heavy atom. The molecule has 0 atom stereocenters. The molecule has 0 radical (unpaired) electrons. The van der Waals surface area contributed by atoms with Crippen LogP contribution in [0.2, 0.25) is 0 Å². The zero-order valence-corrected chi connectivity index (χ0v) is 14.1. The molecule has 2 rings (SSSR count). The topological polar surface area (TPSA) is 34.0 Å². The van der Waals surface area contributed by atoms with Crippen molar-refractivity contribution in [3.05, 3.63) is 36.0 Å². The first-order chi connectivity index (χ1) is 10.7. The molecule has 0 aliphatic carbocycles. The predicted molar refractivity (Wildman–Crippen MR) is 91.9 cm³/mol. The molecule has 4 heteroatoms. The molecule has 0 N–H and O–H groups in total. The summed E-state index contributed by atoms with van der Waals surface area (Å²) in [5.74, 6) is 0. The fourth-order valence-electron chi connectivity index (χ4n) is 2.51. The van der Waals surface area contributed by atoms with Gasteiger partial charge < -0.3 is 4.90 Å². The number of benzene rings is 1. The third-order valence-electron chi connectivity index (χ3n) is 3.85. The van der Waals surface area contributed by atoms with E-state index in [2.05, 4.69) is 60.5 Å². The fourth-order valence-corrected chi connectivity index (χ4v) is 2.51. The lowest BCUT2D eigenvalue weighted by atomic mass is 10.0. The first-order valence-electron chi connectivity index (χ1n) is 8.33. The Hall–Kier alpha value is -1.68. The van der Waals surface area contributed by atoms with Crippen LogP contribution >= 0.6 is 0 Å². The number of aryl methyl sites for hydroxylation is 2. The van der Waals surface area contributed by atoms with Gasteiger partial charge in [0, 0.05) is 12.1 Å². The Morgan fingerprint density at radius 1 is 1.05 bits per heavy atom. The first-order valence-corrected chi connectivity index (χ1v) is 8.33. The Bertz CT molecular complexity index is 542. The molecular formula is C18H28N4. The lowest BCUT2D eigenvalue weighted by Gasteiger charge is -2.08. The Kier molecular flexibility index (Phi) is 6.59. The molecule has 120 valence electrons. The van der Waals surface area contributed by atoms with Crippen LogP contribution in [0.4, 0.5) is 0 Å². The third kappa shape index (κ3) is 5.26. The van der Waals surface area contributed by atoms with Gasteiger partial charge in [0.05, 0.1) is 6.20 Å². The molecule has 0 unspecified atom stereocenters. The predicted octanol–water partition coefficient (Wildman–Crippen LogP) is 3.63. The van der Waals surface area contributed by atoms with E-state index in [4.69, 9.17) is 0 Å². The van der Waals surface area contributed by atoms with E-state index in [-0.39, 0.29) is 0 Å². The molecule has 4 nitrogen and oxygen atoms in total. The molecule has 0 amide bonds. The molecule has 1 aromatic heterocycles. The van der Waals surface area contributed by atoms with Gasteiger partial charge in [-0.15, -0.1) is 5.10 Å². The molecular weight excluding hydrogens is 272 g/mol. The molecule has 0 fully saturated rings. The van der Waals surface area contributed by atoms with Crippen LogP contribution in [0, 0.1) is 0 Å². The largest absolute Gasteiger partial charge is 0.309 e. The van der Waals surface area contributed by atoms with Crippen molar-refractivity contribution in [2.24, 2.45) is 0 Å². The second-order valence-electron chi connectivity index (χ2n) is 6.18. The van der Waals surface area contributed by atoms with E-state index >= 15 is 0 Å². The molecule has 22 heavy (non-hydrogen) atoms. The highest BCUT2D eigenvalue weighted by atomic mass is 15.4. The van der Waals surface area contributed by atoms with Crippen LogP contribution in [0.1, 0.15) is 38.2 Å². The molecule has 0 bridgehead atoms. The van der Waals surface area contributed by atoms with Crippen molar-refractivity contribution >= 4 is 0 Å². The summed E-state index contributed by atoms with van der Waals surface area (Å²) in [6.07, 6.45) is 8.16. The van der Waals surface area contributed by atoms with Crippen LogP contribution in [-0.2, 0) is 13.0 Å². The summed E-state index contributed by atoms with van der Waals surface area (Å²) in [6, 6.07) is 8.76. The summed E-state index contributed by atoms with van der Waals surface area (Å²) < 4.78 is 1.94. The normalized spacial score (nSPS) is 11.3. The lowest BCUT2D eigenvalue weighted by molar-refractivity contribution is 0.379. The van der Waals surface area contributed by atoms with Gasteiger partial charge in [0.2, 0.25) is 0 Å². The van der Waals surface area contributed by atoms with Crippen LogP contribution in [-0.4, -0.2) is 40.5 Å². The molecule has 1 aromatic carbocycles. The van der Waals surface area contributed by atoms with Gasteiger partial charge >= 0.3 is 0 Å². The zero-order chi connectivity index (χ0) is 15.8. The van der Waals surface area contributed by atoms with Crippen molar-refractivity contribution in [1.29, 1.82) is 0 Å². The average molecular weight is 300 g/mol. The molecule has 0 saturated heterocycles. The second-order valence-corrected chi connectivity index (χ2v) is 6.18. The number of unbranched alkanes of at least 4 members (excludes halogenated alkanes) is 2. The molecule has 2 aromatic rings. The summed E-state index contributed by atoms with van der Waals surface area (Å²) in [7, 11) is 4.18. The van der Waals surface area contributed by atoms with Gasteiger partial charge in [-0.2, -0.15) is 0 Å². The Labute approximate surface area is 134 Å². The highest BCUT2D eigenvalue weighted by molar-refractivity contribution is 5.57. The van der Waals surface area contributed by atoms with Crippen molar-refractivity contribution in [2.75, 3.05) is 20.6 Å². The highest BCUT2D eigenvalue weighted by Crippen LogP contribution is 2.18.